The Balaban J connectivity index is 1.54. The molecular weight excluding hydrogens is 416 g/mol. The zero-order valence-corrected chi connectivity index (χ0v) is 18.8. The zero-order chi connectivity index (χ0) is 22.0. The van der Waals surface area contributed by atoms with Gasteiger partial charge in [0.05, 0.1) is 17.5 Å². The fourth-order valence-corrected chi connectivity index (χ4v) is 4.98. The van der Waals surface area contributed by atoms with Gasteiger partial charge in [-0.3, -0.25) is 9.78 Å². The number of nitrogens with zero attached hydrogens (tertiary/aromatic N) is 6. The van der Waals surface area contributed by atoms with Gasteiger partial charge in [0.25, 0.3) is 5.91 Å². The molecule has 4 rings (SSSR count). The molecule has 0 radical (unpaired) electrons. The van der Waals surface area contributed by atoms with Gasteiger partial charge in [-0.15, -0.1) is 0 Å². The molecule has 31 heavy (non-hydrogen) atoms. The van der Waals surface area contributed by atoms with Gasteiger partial charge in [-0.2, -0.15) is 0 Å². The van der Waals surface area contributed by atoms with E-state index in [0.717, 1.165) is 26.2 Å². The minimum Gasteiger partial charge on any atom is -0.339 e. The van der Waals surface area contributed by atoms with Crippen molar-refractivity contribution >= 4 is 21.7 Å². The van der Waals surface area contributed by atoms with Crippen LogP contribution in [0.1, 0.15) is 34.8 Å². The summed E-state index contributed by atoms with van der Waals surface area (Å²) >= 11 is 0. The lowest BCUT2D eigenvalue weighted by atomic mass is 9.93. The molecule has 1 amide bonds. The highest BCUT2D eigenvalue weighted by Gasteiger charge is 2.30. The van der Waals surface area contributed by atoms with E-state index < -0.39 is 9.84 Å². The minimum atomic E-state index is -3.45. The van der Waals surface area contributed by atoms with Crippen molar-refractivity contribution in [3.8, 4) is 0 Å². The predicted molar refractivity (Wildman–Crippen MR) is 117 cm³/mol. The normalized spacial score (nSPS) is 18.9. The maximum Gasteiger partial charge on any atom is 0.255 e. The van der Waals surface area contributed by atoms with Crippen LogP contribution in [0, 0.1) is 0 Å². The lowest BCUT2D eigenvalue weighted by Crippen LogP contribution is -2.45. The van der Waals surface area contributed by atoms with Crippen LogP contribution in [0.2, 0.25) is 0 Å². The summed E-state index contributed by atoms with van der Waals surface area (Å²) in [5.41, 5.74) is 1.15. The molecule has 2 aliphatic rings. The van der Waals surface area contributed by atoms with Gasteiger partial charge in [-0.05, 0) is 32.0 Å². The van der Waals surface area contributed by atoms with Gasteiger partial charge in [0, 0.05) is 63.8 Å². The summed E-state index contributed by atoms with van der Waals surface area (Å²) in [5, 5.41) is 0. The van der Waals surface area contributed by atoms with Gasteiger partial charge in [0.2, 0.25) is 5.95 Å². The third-order valence-electron chi connectivity index (χ3n) is 6.03. The van der Waals surface area contributed by atoms with Crippen LogP contribution >= 0.6 is 0 Å². The zero-order valence-electron chi connectivity index (χ0n) is 17.9. The average Bonchev–Trinajstić information content (AvgIpc) is 2.79. The number of likely N-dealkylation sites (N-methyl/N-ethyl adjacent to an activating group) is 1. The molecule has 2 fully saturated rings. The number of hydrogen-bond donors (Lipinski definition) is 0. The number of hydrogen-bond acceptors (Lipinski definition) is 8. The summed E-state index contributed by atoms with van der Waals surface area (Å²) in [6.07, 6.45) is 7.19. The standard InChI is InChI=1S/C21H28N6O3S/c1-25-10-12-27(13-11-25)21-23-15-18(31(2,29)30)19(24-21)16-5-8-26(9-6-16)20(28)17-4-3-7-22-14-17/h3-4,7,14-16H,5-6,8-13H2,1-2H3. The van der Waals surface area contributed by atoms with Crippen LogP contribution in [0.4, 0.5) is 5.95 Å². The number of piperazine rings is 1. The number of pyridine rings is 1. The second kappa shape index (κ2) is 8.88. The Kier molecular flexibility index (Phi) is 6.19. The lowest BCUT2D eigenvalue weighted by Gasteiger charge is -2.34. The van der Waals surface area contributed by atoms with E-state index in [-0.39, 0.29) is 16.7 Å². The van der Waals surface area contributed by atoms with Crippen molar-refractivity contribution in [3.63, 3.8) is 0 Å². The van der Waals surface area contributed by atoms with Gasteiger partial charge in [0.1, 0.15) is 4.90 Å². The number of aromatic nitrogens is 3. The molecule has 2 aliphatic heterocycles. The van der Waals surface area contributed by atoms with Crippen LogP contribution in [0.3, 0.4) is 0 Å². The van der Waals surface area contributed by atoms with Crippen molar-refractivity contribution in [2.75, 3.05) is 57.5 Å². The molecule has 0 bridgehead atoms. The Morgan fingerprint density at radius 3 is 2.39 bits per heavy atom. The van der Waals surface area contributed by atoms with Gasteiger partial charge in [-0.1, -0.05) is 0 Å². The molecule has 2 aromatic heterocycles. The Labute approximate surface area is 183 Å². The van der Waals surface area contributed by atoms with Crippen molar-refractivity contribution in [2.24, 2.45) is 0 Å². The van der Waals surface area contributed by atoms with E-state index >= 15 is 0 Å². The van der Waals surface area contributed by atoms with Gasteiger partial charge < -0.3 is 14.7 Å². The number of likely N-dealkylation sites (tertiary alicyclic amines) is 1. The maximum atomic E-state index is 12.7. The highest BCUT2D eigenvalue weighted by atomic mass is 32.2. The summed E-state index contributed by atoms with van der Waals surface area (Å²) in [5.74, 6) is 0.511. The molecule has 2 saturated heterocycles. The van der Waals surface area contributed by atoms with Crippen LogP contribution in [0.5, 0.6) is 0 Å². The largest absolute Gasteiger partial charge is 0.339 e. The first-order chi connectivity index (χ1) is 14.8. The summed E-state index contributed by atoms with van der Waals surface area (Å²) in [6.45, 7) is 4.56. The average molecular weight is 445 g/mol. The molecule has 0 N–H and O–H groups in total. The second-order valence-corrected chi connectivity index (χ2v) is 10.3. The van der Waals surface area contributed by atoms with Crippen molar-refractivity contribution in [1.29, 1.82) is 0 Å². The molecule has 0 aliphatic carbocycles. The highest BCUT2D eigenvalue weighted by Crippen LogP contribution is 2.32. The van der Waals surface area contributed by atoms with E-state index in [0.29, 0.717) is 43.1 Å². The first-order valence-corrected chi connectivity index (χ1v) is 12.4. The van der Waals surface area contributed by atoms with Crippen molar-refractivity contribution in [3.05, 3.63) is 42.0 Å². The third-order valence-corrected chi connectivity index (χ3v) is 7.15. The Morgan fingerprint density at radius 1 is 1.06 bits per heavy atom. The fourth-order valence-electron chi connectivity index (χ4n) is 4.14. The summed E-state index contributed by atoms with van der Waals surface area (Å²) < 4.78 is 24.8. The van der Waals surface area contributed by atoms with E-state index in [1.807, 2.05) is 0 Å². The minimum absolute atomic E-state index is 0.0307. The van der Waals surface area contributed by atoms with Crippen molar-refractivity contribution in [1.82, 2.24) is 24.8 Å². The monoisotopic (exact) mass is 444 g/mol. The first kappa shape index (κ1) is 21.6. The predicted octanol–water partition coefficient (Wildman–Crippen LogP) is 1.05. The summed E-state index contributed by atoms with van der Waals surface area (Å²) in [7, 11) is -1.37. The second-order valence-electron chi connectivity index (χ2n) is 8.29. The highest BCUT2D eigenvalue weighted by molar-refractivity contribution is 7.90. The molecule has 0 atom stereocenters. The Morgan fingerprint density at radius 2 is 1.77 bits per heavy atom. The van der Waals surface area contributed by atoms with Crippen LogP contribution in [0.15, 0.2) is 35.6 Å². The van der Waals surface area contributed by atoms with Crippen LogP contribution < -0.4 is 4.90 Å². The van der Waals surface area contributed by atoms with E-state index in [2.05, 4.69) is 26.8 Å². The van der Waals surface area contributed by atoms with Gasteiger partial charge in [-0.25, -0.2) is 18.4 Å². The lowest BCUT2D eigenvalue weighted by molar-refractivity contribution is 0.0711. The molecular formula is C21H28N6O3S. The number of anilines is 1. The Bertz CT molecular complexity index is 1030. The van der Waals surface area contributed by atoms with E-state index in [9.17, 15) is 13.2 Å². The van der Waals surface area contributed by atoms with E-state index in [1.54, 1.807) is 29.4 Å². The number of piperidine rings is 1. The molecule has 4 heterocycles. The molecule has 166 valence electrons. The molecule has 0 aromatic carbocycles. The summed E-state index contributed by atoms with van der Waals surface area (Å²) in [4.78, 5) is 32.2. The number of amides is 1. The fraction of sp³-hybridized carbons (Fsp3) is 0.524. The molecule has 9 nitrogen and oxygen atoms in total. The third kappa shape index (κ3) is 4.85. The maximum absolute atomic E-state index is 12.7. The Hall–Kier alpha value is -2.59. The first-order valence-electron chi connectivity index (χ1n) is 10.5. The van der Waals surface area contributed by atoms with Crippen LogP contribution in [-0.4, -0.2) is 91.6 Å². The topological polar surface area (TPSA) is 99.6 Å². The molecule has 0 saturated carbocycles. The van der Waals surface area contributed by atoms with Gasteiger partial charge in [0.15, 0.2) is 9.84 Å². The van der Waals surface area contributed by atoms with Crippen LogP contribution in [-0.2, 0) is 9.84 Å². The van der Waals surface area contributed by atoms with Gasteiger partial charge >= 0.3 is 0 Å². The van der Waals surface area contributed by atoms with Crippen molar-refractivity contribution < 1.29 is 13.2 Å². The summed E-state index contributed by atoms with van der Waals surface area (Å²) in [6, 6.07) is 3.51. The van der Waals surface area contributed by atoms with Crippen LogP contribution in [0.25, 0.3) is 0 Å². The smallest absolute Gasteiger partial charge is 0.255 e. The SMILES string of the molecule is CN1CCN(c2ncc(S(C)(=O)=O)c(C3CCN(C(=O)c4cccnc4)CC3)n2)CC1. The number of rotatable bonds is 4. The van der Waals surface area contributed by atoms with E-state index in [1.165, 1.54) is 12.5 Å². The molecule has 10 heteroatoms. The molecule has 0 spiro atoms. The quantitative estimate of drug-likeness (QED) is 0.690. The van der Waals surface area contributed by atoms with Crippen molar-refractivity contribution in [2.45, 2.75) is 23.7 Å². The molecule has 0 unspecified atom stereocenters. The number of carbonyl (C=O) groups is 1. The molecule has 2 aromatic rings. The number of sulfone groups is 1. The van der Waals surface area contributed by atoms with E-state index in [4.69, 9.17) is 4.98 Å². The number of carbonyl (C=O) groups excluding carboxylic acids is 1.